The van der Waals surface area contributed by atoms with Crippen molar-refractivity contribution in [1.82, 2.24) is 9.97 Å². The molecule has 0 unspecified atom stereocenters. The van der Waals surface area contributed by atoms with E-state index >= 15 is 0 Å². The number of aromatic nitrogens is 2. The first-order chi connectivity index (χ1) is 19.9. The Morgan fingerprint density at radius 2 is 1.42 bits per heavy atom. The van der Waals surface area contributed by atoms with Crippen LogP contribution in [0, 0.1) is 12.1 Å². The summed E-state index contributed by atoms with van der Waals surface area (Å²) in [5.74, 6) is 15.0. The summed E-state index contributed by atoms with van der Waals surface area (Å²) in [6.45, 7) is 4.44. The Labute approximate surface area is 280 Å². The minimum atomic E-state index is -1.80. The maximum atomic E-state index is 4.59. The first kappa shape index (κ1) is 33.8. The van der Waals surface area contributed by atoms with Crippen molar-refractivity contribution in [2.75, 3.05) is 0 Å². The van der Waals surface area contributed by atoms with Crippen molar-refractivity contribution in [3.63, 3.8) is 0 Å². The van der Waals surface area contributed by atoms with E-state index < -0.39 is 26.5 Å². The Morgan fingerprint density at radius 3 is 2.05 bits per heavy atom. The molecule has 0 amide bonds. The van der Waals surface area contributed by atoms with E-state index in [2.05, 4.69) is 125 Å². The zero-order valence-corrected chi connectivity index (χ0v) is 33.8. The molecule has 1 radical (unpaired) electrons. The van der Waals surface area contributed by atoms with Crippen LogP contribution in [0.3, 0.4) is 0 Å². The zero-order chi connectivity index (χ0) is 30.1. The molecule has 0 fully saturated rings. The molecule has 0 bridgehead atoms. The Morgan fingerprint density at radius 1 is 0.674 bits per heavy atom. The van der Waals surface area contributed by atoms with Crippen molar-refractivity contribution in [2.45, 2.75) is 54.3 Å². The predicted octanol–water partition coefficient (Wildman–Crippen LogP) is 9.68. The maximum Gasteiger partial charge on any atom is 0 e. The van der Waals surface area contributed by atoms with Crippen molar-refractivity contribution >= 4 is 66.8 Å². The van der Waals surface area contributed by atoms with Crippen LogP contribution in [0.2, 0.25) is 34.5 Å². The zero-order valence-electron chi connectivity index (χ0n) is 26.4. The van der Waals surface area contributed by atoms with Crippen LogP contribution < -0.4 is 8.79 Å². The number of rotatable bonds is 5. The average Bonchev–Trinajstić information content (AvgIpc) is 3.34. The molecule has 0 spiro atoms. The third-order valence-electron chi connectivity index (χ3n) is 7.61. The van der Waals surface area contributed by atoms with E-state index in [0.717, 1.165) is 22.5 Å². The predicted molar refractivity (Wildman–Crippen MR) is 190 cm³/mol. The third kappa shape index (κ3) is 8.15. The first-order valence-corrected chi connectivity index (χ1v) is 30.2. The molecule has 0 atom stereocenters. The van der Waals surface area contributed by atoms with Gasteiger partial charge in [-0.25, -0.2) is 0 Å². The fraction of sp³-hybridized carbons (Fsp3) is 0.243. The largest absolute Gasteiger partial charge is 0 e. The summed E-state index contributed by atoms with van der Waals surface area (Å²) in [5.41, 5.74) is 5.49. The molecule has 6 aromatic rings. The summed E-state index contributed by atoms with van der Waals surface area (Å²) in [6.07, 6.45) is 3.95. The van der Waals surface area contributed by atoms with Crippen LogP contribution in [-0.2, 0) is 20.1 Å². The van der Waals surface area contributed by atoms with E-state index in [9.17, 15) is 0 Å². The molecule has 0 aliphatic carbocycles. The molecule has 0 aliphatic rings. The quantitative estimate of drug-likeness (QED) is 0.127. The van der Waals surface area contributed by atoms with Gasteiger partial charge in [0.15, 0.2) is 0 Å². The number of hydrogen-bond acceptors (Lipinski definition) is 3. The second-order valence-corrected chi connectivity index (χ2v) is 35.7. The van der Waals surface area contributed by atoms with Crippen LogP contribution in [0.25, 0.3) is 42.7 Å². The van der Waals surface area contributed by atoms with Gasteiger partial charge >= 0.3 is 263 Å². The minimum absolute atomic E-state index is 0. The van der Waals surface area contributed by atoms with Crippen molar-refractivity contribution in [3.8, 4) is 22.5 Å². The van der Waals surface area contributed by atoms with Gasteiger partial charge < -0.3 is 0 Å². The molecule has 2 nitrogen and oxygen atoms in total. The van der Waals surface area contributed by atoms with E-state index in [1.165, 1.54) is 30.1 Å². The maximum absolute atomic E-state index is 4.59. The van der Waals surface area contributed by atoms with Gasteiger partial charge in [0.1, 0.15) is 0 Å². The van der Waals surface area contributed by atoms with Crippen LogP contribution in [0.4, 0.5) is 0 Å². The summed E-state index contributed by atoms with van der Waals surface area (Å²) >= 11 is -1.64. The number of thiophene rings is 1. The van der Waals surface area contributed by atoms with Gasteiger partial charge in [-0.05, 0) is 0 Å². The molecule has 223 valence electrons. The Bertz CT molecular complexity index is 1820. The van der Waals surface area contributed by atoms with Gasteiger partial charge in [0.05, 0.1) is 0 Å². The number of benzene rings is 3. The standard InChI is InChI=1S/C23H24GeNS.C14H16GeN.Ir/c1-15(2)16-10-11-25-21(13-16)17-6-9-22-20(12-17)19-8-7-18(24(3,4)5)14-23(19)26-22;1-15(2,3)13-9-10-14(16-11-13)12-7-5-4-6-8-12;/h7-15H,1-5H3;4-7,9-11H,1-3H3;/q2*-1;. The van der Waals surface area contributed by atoms with Crippen LogP contribution in [0.5, 0.6) is 0 Å². The molecule has 6 rings (SSSR count). The monoisotopic (exact) mass is 885 g/mol. The van der Waals surface area contributed by atoms with Gasteiger partial charge in [-0.15, -0.1) is 0 Å². The number of fused-ring (bicyclic) bond motifs is 3. The van der Waals surface area contributed by atoms with Crippen molar-refractivity contribution in [3.05, 3.63) is 109 Å². The fourth-order valence-electron chi connectivity index (χ4n) is 4.84. The Kier molecular flexibility index (Phi) is 10.9. The SMILES string of the molecule is CC(C)c1ccnc(-c2[c-]cc3sc4c[c]([Ge]([CH3])([CH3])[CH3])ccc4c3c2)c1.[CH3][Ge]([CH3])([CH3])[c]1ccc(-c2[c-]cccc2)nc1.[Ir]. The molecule has 3 aromatic carbocycles. The second kappa shape index (κ2) is 13.9. The van der Waals surface area contributed by atoms with E-state index in [4.69, 9.17) is 0 Å². The minimum Gasteiger partial charge on any atom is 0 e. The summed E-state index contributed by atoms with van der Waals surface area (Å²) in [6, 6.07) is 34.7. The topological polar surface area (TPSA) is 25.8 Å². The van der Waals surface area contributed by atoms with Gasteiger partial charge in [-0.1, -0.05) is 0 Å². The van der Waals surface area contributed by atoms with Crippen LogP contribution in [0.1, 0.15) is 25.3 Å². The van der Waals surface area contributed by atoms with Gasteiger partial charge in [-0.2, -0.15) is 0 Å². The second-order valence-electron chi connectivity index (χ2n) is 13.3. The average molecular weight is 882 g/mol. The van der Waals surface area contributed by atoms with Crippen LogP contribution in [-0.4, -0.2) is 36.5 Å². The van der Waals surface area contributed by atoms with Gasteiger partial charge in [0.25, 0.3) is 0 Å². The molecule has 0 aliphatic heterocycles. The van der Waals surface area contributed by atoms with E-state index in [-0.39, 0.29) is 20.1 Å². The normalized spacial score (nSPS) is 11.7. The van der Waals surface area contributed by atoms with Gasteiger partial charge in [0, 0.05) is 20.1 Å². The fourth-order valence-corrected chi connectivity index (χ4v) is 10.8. The summed E-state index contributed by atoms with van der Waals surface area (Å²) in [5, 5.41) is 2.68. The molecule has 0 saturated carbocycles. The van der Waals surface area contributed by atoms with Crippen LogP contribution >= 0.6 is 11.3 Å². The number of nitrogens with zero attached hydrogens (tertiary/aromatic N) is 2. The van der Waals surface area contributed by atoms with Crippen molar-refractivity contribution in [2.24, 2.45) is 0 Å². The molecule has 6 heteroatoms. The molecule has 43 heavy (non-hydrogen) atoms. The molecular weight excluding hydrogens is 842 g/mol. The van der Waals surface area contributed by atoms with Gasteiger partial charge in [-0.3, -0.25) is 0 Å². The molecule has 0 saturated heterocycles. The molecule has 0 N–H and O–H groups in total. The summed E-state index contributed by atoms with van der Waals surface area (Å²) < 4.78 is 5.72. The van der Waals surface area contributed by atoms with Gasteiger partial charge in [0.2, 0.25) is 0 Å². The molecular formula is C37H40Ge2IrN2S-2. The van der Waals surface area contributed by atoms with Crippen molar-refractivity contribution in [1.29, 1.82) is 0 Å². The summed E-state index contributed by atoms with van der Waals surface area (Å²) in [7, 11) is 0. The smallest absolute Gasteiger partial charge is 0 e. The molecule has 3 heterocycles. The van der Waals surface area contributed by atoms with E-state index in [1.807, 2.05) is 48.0 Å². The Balaban J connectivity index is 0.000000215. The van der Waals surface area contributed by atoms with E-state index in [1.54, 1.807) is 4.40 Å². The first-order valence-electron chi connectivity index (χ1n) is 14.7. The third-order valence-corrected chi connectivity index (χ3v) is 17.3. The van der Waals surface area contributed by atoms with Crippen LogP contribution in [0.15, 0.2) is 91.3 Å². The molecule has 3 aromatic heterocycles. The number of pyridine rings is 2. The summed E-state index contributed by atoms with van der Waals surface area (Å²) in [4.78, 5) is 9.12. The number of hydrogen-bond donors (Lipinski definition) is 0. The van der Waals surface area contributed by atoms with E-state index in [0.29, 0.717) is 5.92 Å². The van der Waals surface area contributed by atoms with Crippen molar-refractivity contribution < 1.29 is 20.1 Å². The Hall–Kier alpha value is -2.08.